The third-order valence-corrected chi connectivity index (χ3v) is 6.10. The first kappa shape index (κ1) is 20.5. The van der Waals surface area contributed by atoms with Gasteiger partial charge in [0.25, 0.3) is 0 Å². The molecule has 3 rings (SSSR count). The van der Waals surface area contributed by atoms with Gasteiger partial charge in [-0.1, -0.05) is 17.7 Å². The molecule has 150 valence electrons. The molecule has 0 bridgehead atoms. The highest BCUT2D eigenvalue weighted by molar-refractivity contribution is 7.99. The summed E-state index contributed by atoms with van der Waals surface area (Å²) in [5.74, 6) is 3.73. The van der Waals surface area contributed by atoms with Crippen LogP contribution in [0.3, 0.4) is 0 Å². The monoisotopic (exact) mass is 392 g/mol. The Hall–Kier alpha value is -1.21. The molecule has 1 saturated heterocycles. The summed E-state index contributed by atoms with van der Waals surface area (Å²) >= 11 is 1.98. The molecule has 2 heterocycles. The zero-order valence-electron chi connectivity index (χ0n) is 16.5. The van der Waals surface area contributed by atoms with Crippen LogP contribution in [0.25, 0.3) is 0 Å². The normalized spacial score (nSPS) is 20.2. The Bertz CT molecular complexity index is 632. The Morgan fingerprint density at radius 3 is 2.67 bits per heavy atom. The van der Waals surface area contributed by atoms with Crippen molar-refractivity contribution in [3.63, 3.8) is 0 Å². The molecule has 5 nitrogen and oxygen atoms in total. The molecule has 1 aromatic carbocycles. The first-order valence-electron chi connectivity index (χ1n) is 9.80. The topological polar surface area (TPSA) is 45.2 Å². The molecule has 0 radical (unpaired) electrons. The number of nitrogens with zero attached hydrogens (tertiary/aromatic N) is 2. The van der Waals surface area contributed by atoms with Crippen molar-refractivity contribution in [1.82, 2.24) is 9.80 Å². The minimum absolute atomic E-state index is 0.287. The molecule has 0 amide bonds. The maximum Gasteiger partial charge on any atom is 0.161 e. The quantitative estimate of drug-likeness (QED) is 0.686. The lowest BCUT2D eigenvalue weighted by Crippen LogP contribution is -2.40. The van der Waals surface area contributed by atoms with E-state index in [0.717, 1.165) is 56.4 Å². The fraction of sp³-hybridized carbons (Fsp3) is 0.619. The molecular formula is C21H32N2O3S. The molecule has 6 heteroatoms. The average molecular weight is 393 g/mol. The summed E-state index contributed by atoms with van der Waals surface area (Å²) in [4.78, 5) is 4.74. The van der Waals surface area contributed by atoms with Crippen molar-refractivity contribution in [1.29, 1.82) is 0 Å². The third-order valence-electron chi connectivity index (χ3n) is 5.16. The molecule has 0 unspecified atom stereocenters. The summed E-state index contributed by atoms with van der Waals surface area (Å²) < 4.78 is 11.4. The van der Waals surface area contributed by atoms with Crippen molar-refractivity contribution in [3.8, 4) is 11.5 Å². The zero-order valence-corrected chi connectivity index (χ0v) is 17.3. The second kappa shape index (κ2) is 10.4. The van der Waals surface area contributed by atoms with E-state index in [1.807, 2.05) is 17.8 Å². The minimum Gasteiger partial charge on any atom is -0.493 e. The fourth-order valence-corrected chi connectivity index (χ4v) is 4.44. The molecule has 1 atom stereocenters. The number of aliphatic hydroxyl groups excluding tert-OH is 1. The lowest BCUT2D eigenvalue weighted by molar-refractivity contribution is 0.0704. The highest BCUT2D eigenvalue weighted by Crippen LogP contribution is 2.29. The molecule has 27 heavy (non-hydrogen) atoms. The second-order valence-electron chi connectivity index (χ2n) is 7.40. The van der Waals surface area contributed by atoms with E-state index in [9.17, 15) is 5.11 Å². The molecule has 1 fully saturated rings. The van der Waals surface area contributed by atoms with Crippen molar-refractivity contribution in [3.05, 3.63) is 35.4 Å². The van der Waals surface area contributed by atoms with Gasteiger partial charge in [-0.05, 0) is 31.0 Å². The van der Waals surface area contributed by atoms with E-state index in [2.05, 4.69) is 34.9 Å². The molecule has 2 aliphatic rings. The van der Waals surface area contributed by atoms with Gasteiger partial charge < -0.3 is 14.6 Å². The highest BCUT2D eigenvalue weighted by Gasteiger charge is 2.17. The van der Waals surface area contributed by atoms with Crippen molar-refractivity contribution in [2.75, 3.05) is 57.9 Å². The summed E-state index contributed by atoms with van der Waals surface area (Å²) in [6, 6.07) is 6.11. The Labute approximate surface area is 167 Å². The average Bonchev–Trinajstić information content (AvgIpc) is 2.69. The van der Waals surface area contributed by atoms with Crippen LogP contribution >= 0.6 is 11.8 Å². The molecule has 1 N–H and O–H groups in total. The van der Waals surface area contributed by atoms with Crippen LogP contribution in [0, 0.1) is 0 Å². The number of hydrogen-bond acceptors (Lipinski definition) is 6. The third kappa shape index (κ3) is 6.42. The van der Waals surface area contributed by atoms with E-state index in [4.69, 9.17) is 9.47 Å². The van der Waals surface area contributed by atoms with Gasteiger partial charge >= 0.3 is 0 Å². The Morgan fingerprint density at radius 1 is 1.15 bits per heavy atom. The molecular weight excluding hydrogens is 360 g/mol. The maximum atomic E-state index is 10.3. The molecule has 2 aliphatic heterocycles. The van der Waals surface area contributed by atoms with Crippen molar-refractivity contribution in [2.45, 2.75) is 26.0 Å². The fourth-order valence-electron chi connectivity index (χ4n) is 3.46. The Kier molecular flexibility index (Phi) is 7.88. The van der Waals surface area contributed by atoms with Gasteiger partial charge in [0.15, 0.2) is 11.5 Å². The van der Waals surface area contributed by atoms with Crippen molar-refractivity contribution >= 4 is 11.8 Å². The summed E-state index contributed by atoms with van der Waals surface area (Å²) in [5.41, 5.74) is 2.70. The van der Waals surface area contributed by atoms with E-state index < -0.39 is 6.10 Å². The summed E-state index contributed by atoms with van der Waals surface area (Å²) in [7, 11) is 1.67. The smallest absolute Gasteiger partial charge is 0.161 e. The van der Waals surface area contributed by atoms with Gasteiger partial charge in [-0.15, -0.1) is 0 Å². The van der Waals surface area contributed by atoms with Gasteiger partial charge in [-0.3, -0.25) is 9.80 Å². The number of hydrogen-bond donors (Lipinski definition) is 1. The number of β-amino-alcohol motifs (C(OH)–C–C–N with tert-alkyl or cyclic N) is 1. The van der Waals surface area contributed by atoms with E-state index in [1.165, 1.54) is 11.1 Å². The van der Waals surface area contributed by atoms with Crippen LogP contribution in [0.1, 0.15) is 18.9 Å². The van der Waals surface area contributed by atoms with E-state index in [-0.39, 0.29) is 6.61 Å². The number of benzene rings is 1. The van der Waals surface area contributed by atoms with Gasteiger partial charge in [0.1, 0.15) is 12.7 Å². The lowest BCUT2D eigenvalue weighted by atomic mass is 10.1. The molecule has 0 saturated carbocycles. The number of ether oxygens (including phenoxy) is 2. The largest absolute Gasteiger partial charge is 0.493 e. The van der Waals surface area contributed by atoms with Gasteiger partial charge in [-0.25, -0.2) is 0 Å². The second-order valence-corrected chi connectivity index (χ2v) is 8.62. The van der Waals surface area contributed by atoms with E-state index >= 15 is 0 Å². The summed E-state index contributed by atoms with van der Waals surface area (Å²) in [6.07, 6.45) is 2.97. The predicted octanol–water partition coefficient (Wildman–Crippen LogP) is 2.64. The van der Waals surface area contributed by atoms with Crippen LogP contribution in [0.15, 0.2) is 29.8 Å². The van der Waals surface area contributed by atoms with Gasteiger partial charge in [0.05, 0.1) is 7.11 Å². The number of thioether (sulfide) groups is 1. The van der Waals surface area contributed by atoms with Gasteiger partial charge in [-0.2, -0.15) is 11.8 Å². The number of methoxy groups -OCH3 is 1. The van der Waals surface area contributed by atoms with E-state index in [0.29, 0.717) is 12.3 Å². The van der Waals surface area contributed by atoms with Crippen LogP contribution in [-0.4, -0.2) is 79.0 Å². The van der Waals surface area contributed by atoms with Crippen LogP contribution in [0.5, 0.6) is 11.5 Å². The molecule has 0 spiro atoms. The highest BCUT2D eigenvalue weighted by atomic mass is 32.2. The van der Waals surface area contributed by atoms with Crippen LogP contribution in [0.4, 0.5) is 0 Å². The first-order valence-corrected chi connectivity index (χ1v) is 11.0. The van der Waals surface area contributed by atoms with Gasteiger partial charge in [0.2, 0.25) is 0 Å². The lowest BCUT2D eigenvalue weighted by Gasteiger charge is -2.28. The van der Waals surface area contributed by atoms with Crippen LogP contribution in [0.2, 0.25) is 0 Å². The molecule has 0 aliphatic carbocycles. The summed E-state index contributed by atoms with van der Waals surface area (Å²) in [6.45, 7) is 8.27. The minimum atomic E-state index is -0.485. The molecule has 1 aromatic rings. The number of aliphatic hydroxyl groups is 1. The van der Waals surface area contributed by atoms with Crippen LogP contribution < -0.4 is 9.47 Å². The van der Waals surface area contributed by atoms with Crippen molar-refractivity contribution < 1.29 is 14.6 Å². The standard InChI is InChI=1S/C21H32N2O3S/c1-17-5-7-22(8-6-17)14-18-3-4-20(21(13-18)25-2)26-16-19(24)15-23-9-11-27-12-10-23/h3-5,13,19,24H,6-12,14-16H2,1-2H3/t19-/m0/s1. The van der Waals surface area contributed by atoms with Crippen molar-refractivity contribution in [2.24, 2.45) is 0 Å². The summed E-state index contributed by atoms with van der Waals surface area (Å²) in [5, 5.41) is 10.3. The SMILES string of the molecule is COc1cc(CN2CC=C(C)CC2)ccc1OC[C@@H](O)CN1CCSCC1. The Morgan fingerprint density at radius 2 is 1.96 bits per heavy atom. The Balaban J connectivity index is 1.51. The number of rotatable bonds is 8. The van der Waals surface area contributed by atoms with Gasteiger partial charge in [0, 0.05) is 50.8 Å². The van der Waals surface area contributed by atoms with Crippen LogP contribution in [-0.2, 0) is 6.54 Å². The maximum absolute atomic E-state index is 10.3. The first-order chi connectivity index (χ1) is 13.1. The predicted molar refractivity (Wildman–Crippen MR) is 112 cm³/mol. The zero-order chi connectivity index (χ0) is 19.1. The van der Waals surface area contributed by atoms with E-state index in [1.54, 1.807) is 7.11 Å². The molecule has 0 aromatic heterocycles.